The third-order valence-corrected chi connectivity index (χ3v) is 8.74. The molecule has 8 nitrogen and oxygen atoms in total. The zero-order valence-electron chi connectivity index (χ0n) is 18.9. The highest BCUT2D eigenvalue weighted by atomic mass is 32.2. The maximum absolute atomic E-state index is 13.6. The highest BCUT2D eigenvalue weighted by Gasteiger charge is 2.37. The van der Waals surface area contributed by atoms with Crippen molar-refractivity contribution in [2.75, 3.05) is 31.5 Å². The first-order chi connectivity index (χ1) is 15.3. The smallest absolute Gasteiger partial charge is 0.265 e. The molecule has 3 aliphatic heterocycles. The maximum Gasteiger partial charge on any atom is 0.265 e. The molecule has 2 saturated heterocycles. The number of amides is 2. The van der Waals surface area contributed by atoms with Gasteiger partial charge in [-0.25, -0.2) is 8.42 Å². The molecule has 0 saturated carbocycles. The molecule has 3 aliphatic rings. The Bertz CT molecular complexity index is 986. The van der Waals surface area contributed by atoms with E-state index in [1.165, 1.54) is 10.4 Å². The molecule has 0 aliphatic carbocycles. The molecule has 4 rings (SSSR count). The normalized spacial score (nSPS) is 24.8. The lowest BCUT2D eigenvalue weighted by Gasteiger charge is -2.34. The molecule has 32 heavy (non-hydrogen) atoms. The van der Waals surface area contributed by atoms with E-state index in [1.54, 1.807) is 13.0 Å². The number of aryl methyl sites for hydroxylation is 1. The first-order valence-corrected chi connectivity index (χ1v) is 13.2. The van der Waals surface area contributed by atoms with Gasteiger partial charge in [0, 0.05) is 32.2 Å². The van der Waals surface area contributed by atoms with Crippen molar-refractivity contribution in [3.05, 3.63) is 17.7 Å². The number of rotatable bonds is 4. The quantitative estimate of drug-likeness (QED) is 0.741. The van der Waals surface area contributed by atoms with Crippen molar-refractivity contribution < 1.29 is 22.7 Å². The lowest BCUT2D eigenvalue weighted by molar-refractivity contribution is -0.136. The molecule has 1 aromatic carbocycles. The molecule has 0 unspecified atom stereocenters. The third-order valence-electron chi connectivity index (χ3n) is 6.74. The Morgan fingerprint density at radius 3 is 2.53 bits per heavy atom. The number of nitrogens with one attached hydrogen (secondary N) is 1. The fourth-order valence-electron chi connectivity index (χ4n) is 4.88. The Morgan fingerprint density at radius 1 is 1.12 bits per heavy atom. The molecule has 1 N–H and O–H groups in total. The molecule has 0 bridgehead atoms. The Labute approximate surface area is 190 Å². The summed E-state index contributed by atoms with van der Waals surface area (Å²) >= 11 is 0. The van der Waals surface area contributed by atoms with E-state index in [0.29, 0.717) is 36.4 Å². The second-order valence-corrected chi connectivity index (χ2v) is 11.0. The van der Waals surface area contributed by atoms with Crippen molar-refractivity contribution in [1.82, 2.24) is 9.21 Å². The Kier molecular flexibility index (Phi) is 6.76. The van der Waals surface area contributed by atoms with Crippen LogP contribution in [0.15, 0.2) is 17.0 Å². The van der Waals surface area contributed by atoms with Crippen molar-refractivity contribution >= 4 is 27.5 Å². The lowest BCUT2D eigenvalue weighted by atomic mass is 9.98. The van der Waals surface area contributed by atoms with Crippen molar-refractivity contribution in [1.29, 1.82) is 0 Å². The fourth-order valence-corrected chi connectivity index (χ4v) is 6.63. The summed E-state index contributed by atoms with van der Waals surface area (Å²) < 4.78 is 34.3. The van der Waals surface area contributed by atoms with Gasteiger partial charge in [-0.3, -0.25) is 9.59 Å². The van der Waals surface area contributed by atoms with Crippen LogP contribution in [0, 0.1) is 12.8 Å². The van der Waals surface area contributed by atoms with Crippen LogP contribution in [0.3, 0.4) is 0 Å². The molecule has 176 valence electrons. The van der Waals surface area contributed by atoms with Crippen molar-refractivity contribution in [3.63, 3.8) is 0 Å². The average molecular weight is 464 g/mol. The van der Waals surface area contributed by atoms with E-state index in [2.05, 4.69) is 5.32 Å². The molecular weight excluding hydrogens is 430 g/mol. The summed E-state index contributed by atoms with van der Waals surface area (Å²) in [5, 5.41) is 2.80. The van der Waals surface area contributed by atoms with Crippen molar-refractivity contribution in [2.24, 2.45) is 5.92 Å². The first kappa shape index (κ1) is 23.0. The predicted octanol–water partition coefficient (Wildman–Crippen LogP) is 2.91. The van der Waals surface area contributed by atoms with E-state index >= 15 is 0 Å². The minimum atomic E-state index is -3.80. The van der Waals surface area contributed by atoms with E-state index < -0.39 is 16.1 Å². The Morgan fingerprint density at radius 2 is 1.84 bits per heavy atom. The van der Waals surface area contributed by atoms with Crippen LogP contribution in [0.5, 0.6) is 5.75 Å². The number of piperidine rings is 1. The van der Waals surface area contributed by atoms with E-state index in [0.717, 1.165) is 45.2 Å². The number of sulfonamides is 1. The second-order valence-electron chi connectivity index (χ2n) is 9.06. The zero-order chi connectivity index (χ0) is 22.9. The maximum atomic E-state index is 13.6. The number of ether oxygens (including phenoxy) is 1. The van der Waals surface area contributed by atoms with Gasteiger partial charge in [-0.2, -0.15) is 4.31 Å². The summed E-state index contributed by atoms with van der Waals surface area (Å²) in [6.07, 6.45) is 5.57. The Hall–Kier alpha value is -2.13. The van der Waals surface area contributed by atoms with Crippen LogP contribution in [0.25, 0.3) is 0 Å². The average Bonchev–Trinajstić information content (AvgIpc) is 3.07. The van der Waals surface area contributed by atoms with Gasteiger partial charge in [-0.1, -0.05) is 19.8 Å². The molecule has 0 spiro atoms. The number of likely N-dealkylation sites (tertiary alicyclic amines) is 1. The number of nitrogens with zero attached hydrogens (tertiary/aromatic N) is 2. The van der Waals surface area contributed by atoms with E-state index in [4.69, 9.17) is 4.74 Å². The SMILES string of the molecule is CC[C@@H]1Oc2cc(S(=O)(=O)N3CCC[C@@H](C(=O)N4CCCCCC4)C3)c(C)cc2NC1=O. The van der Waals surface area contributed by atoms with Crippen LogP contribution < -0.4 is 10.1 Å². The lowest BCUT2D eigenvalue weighted by Crippen LogP contribution is -2.47. The van der Waals surface area contributed by atoms with Gasteiger partial charge in [0.15, 0.2) is 6.10 Å². The minimum absolute atomic E-state index is 0.0887. The summed E-state index contributed by atoms with van der Waals surface area (Å²) in [5.74, 6) is -0.0592. The van der Waals surface area contributed by atoms with E-state index in [1.807, 2.05) is 11.8 Å². The summed E-state index contributed by atoms with van der Waals surface area (Å²) in [5.41, 5.74) is 1.03. The van der Waals surface area contributed by atoms with Gasteiger partial charge >= 0.3 is 0 Å². The van der Waals surface area contributed by atoms with Crippen LogP contribution in [0.1, 0.15) is 57.4 Å². The molecule has 9 heteroatoms. The number of benzene rings is 1. The number of fused-ring (bicyclic) bond motifs is 1. The number of hydrogen-bond acceptors (Lipinski definition) is 5. The number of carbonyl (C=O) groups is 2. The minimum Gasteiger partial charge on any atom is -0.478 e. The standard InChI is InChI=1S/C23H33N3O5S/c1-3-19-22(27)24-18-13-16(2)21(14-20(18)31-19)32(29,30)26-12-8-9-17(15-26)23(28)25-10-6-4-5-7-11-25/h13-14,17,19H,3-12,15H2,1-2H3,(H,24,27)/t17-,19+/m1/s1. The van der Waals surface area contributed by atoms with Gasteiger partial charge in [-0.15, -0.1) is 0 Å². The molecule has 2 amide bonds. The van der Waals surface area contributed by atoms with Gasteiger partial charge in [0.1, 0.15) is 5.75 Å². The monoisotopic (exact) mass is 463 g/mol. The number of anilines is 1. The topological polar surface area (TPSA) is 96.0 Å². The second kappa shape index (κ2) is 9.39. The molecule has 2 atom stereocenters. The van der Waals surface area contributed by atoms with Crippen molar-refractivity contribution in [3.8, 4) is 5.75 Å². The van der Waals surface area contributed by atoms with Gasteiger partial charge < -0.3 is 15.0 Å². The third kappa shape index (κ3) is 4.50. The molecule has 0 radical (unpaired) electrons. The molecular formula is C23H33N3O5S. The van der Waals surface area contributed by atoms with Crippen LogP contribution in [0.2, 0.25) is 0 Å². The molecule has 1 aromatic rings. The predicted molar refractivity (Wildman–Crippen MR) is 121 cm³/mol. The van der Waals surface area contributed by atoms with Gasteiger partial charge in [0.05, 0.1) is 16.5 Å². The molecule has 0 aromatic heterocycles. The molecule has 2 fully saturated rings. The van der Waals surface area contributed by atoms with Crippen LogP contribution in [-0.2, 0) is 19.6 Å². The summed E-state index contributed by atoms with van der Waals surface area (Å²) in [4.78, 5) is 27.3. The highest BCUT2D eigenvalue weighted by molar-refractivity contribution is 7.89. The summed E-state index contributed by atoms with van der Waals surface area (Å²) in [6.45, 7) is 5.72. The highest BCUT2D eigenvalue weighted by Crippen LogP contribution is 2.36. The van der Waals surface area contributed by atoms with Gasteiger partial charge in [-0.05, 0) is 50.7 Å². The van der Waals surface area contributed by atoms with E-state index in [-0.39, 0.29) is 29.2 Å². The number of hydrogen-bond donors (Lipinski definition) is 1. The first-order valence-electron chi connectivity index (χ1n) is 11.7. The van der Waals surface area contributed by atoms with E-state index in [9.17, 15) is 18.0 Å². The van der Waals surface area contributed by atoms with Crippen LogP contribution in [-0.4, -0.2) is 61.7 Å². The zero-order valence-corrected chi connectivity index (χ0v) is 19.7. The van der Waals surface area contributed by atoms with Gasteiger partial charge in [0.2, 0.25) is 15.9 Å². The molecule has 3 heterocycles. The number of carbonyl (C=O) groups excluding carboxylic acids is 2. The largest absolute Gasteiger partial charge is 0.478 e. The fraction of sp³-hybridized carbons (Fsp3) is 0.652. The Balaban J connectivity index is 1.55. The van der Waals surface area contributed by atoms with Crippen LogP contribution in [0.4, 0.5) is 5.69 Å². The van der Waals surface area contributed by atoms with Crippen LogP contribution >= 0.6 is 0 Å². The summed E-state index contributed by atoms with van der Waals surface area (Å²) in [7, 11) is -3.80. The summed E-state index contributed by atoms with van der Waals surface area (Å²) in [6, 6.07) is 3.16. The van der Waals surface area contributed by atoms with Crippen molar-refractivity contribution in [2.45, 2.75) is 69.8 Å². The van der Waals surface area contributed by atoms with Gasteiger partial charge in [0.25, 0.3) is 5.91 Å².